The van der Waals surface area contributed by atoms with Crippen LogP contribution in [0.15, 0.2) is 24.3 Å². The number of nitrogens with one attached hydrogen (secondary N) is 1. The van der Waals surface area contributed by atoms with Gasteiger partial charge in [0.05, 0.1) is 6.61 Å². The molecule has 0 bridgehead atoms. The lowest BCUT2D eigenvalue weighted by Crippen LogP contribution is -2.48. The fraction of sp³-hybridized carbons (Fsp3) is 0.533. The number of benzene rings is 1. The Hall–Kier alpha value is -1.42. The van der Waals surface area contributed by atoms with Crippen LogP contribution in [-0.2, 0) is 9.53 Å². The molecule has 0 saturated heterocycles. The van der Waals surface area contributed by atoms with E-state index in [1.807, 2.05) is 12.1 Å². The maximum atomic E-state index is 13.6. The highest BCUT2D eigenvalue weighted by atomic mass is 19.1. The van der Waals surface area contributed by atoms with E-state index in [1.165, 1.54) is 6.07 Å². The number of carbonyl (C=O) groups is 1. The Labute approximate surface area is 113 Å². The molecule has 0 aliphatic heterocycles. The second kappa shape index (κ2) is 6.15. The molecule has 104 valence electrons. The molecule has 2 rings (SSSR count). The highest BCUT2D eigenvalue weighted by Gasteiger charge is 2.33. The third-order valence-electron chi connectivity index (χ3n) is 3.61. The molecule has 3 nitrogen and oxygen atoms in total. The van der Waals surface area contributed by atoms with Crippen LogP contribution >= 0.6 is 0 Å². The third kappa shape index (κ3) is 3.32. The number of hydrogen-bond acceptors (Lipinski definition) is 3. The predicted octanol–water partition coefficient (Wildman–Crippen LogP) is 2.61. The zero-order chi connectivity index (χ0) is 13.8. The maximum absolute atomic E-state index is 13.6. The minimum Gasteiger partial charge on any atom is -0.465 e. The van der Waals surface area contributed by atoms with Crippen LogP contribution in [0.4, 0.5) is 4.39 Å². The SMILES string of the molecule is CCOC(=O)C(C)NC1CC(c2ccccc2F)C1. The molecule has 1 N–H and O–H groups in total. The van der Waals surface area contributed by atoms with Gasteiger partial charge in [-0.15, -0.1) is 0 Å². The molecule has 0 spiro atoms. The highest BCUT2D eigenvalue weighted by Crippen LogP contribution is 2.38. The van der Waals surface area contributed by atoms with Crippen LogP contribution in [0.25, 0.3) is 0 Å². The third-order valence-corrected chi connectivity index (χ3v) is 3.61. The molecular formula is C15H20FNO2. The zero-order valence-electron chi connectivity index (χ0n) is 11.4. The molecule has 19 heavy (non-hydrogen) atoms. The molecular weight excluding hydrogens is 245 g/mol. The average molecular weight is 265 g/mol. The standard InChI is InChI=1S/C15H20FNO2/c1-3-19-15(18)10(2)17-12-8-11(9-12)13-6-4-5-7-14(13)16/h4-7,10-12,17H,3,8-9H2,1-2H3. The first-order valence-electron chi connectivity index (χ1n) is 6.79. The van der Waals surface area contributed by atoms with Crippen molar-refractivity contribution in [2.24, 2.45) is 0 Å². The average Bonchev–Trinajstić information content (AvgIpc) is 2.34. The van der Waals surface area contributed by atoms with Gasteiger partial charge < -0.3 is 10.1 Å². The van der Waals surface area contributed by atoms with Crippen LogP contribution in [-0.4, -0.2) is 24.7 Å². The van der Waals surface area contributed by atoms with Crippen molar-refractivity contribution < 1.29 is 13.9 Å². The van der Waals surface area contributed by atoms with Gasteiger partial charge in [-0.25, -0.2) is 4.39 Å². The lowest BCUT2D eigenvalue weighted by atomic mass is 9.75. The lowest BCUT2D eigenvalue weighted by Gasteiger charge is -2.37. The Morgan fingerprint density at radius 2 is 2.16 bits per heavy atom. The van der Waals surface area contributed by atoms with Crippen LogP contribution in [0, 0.1) is 5.82 Å². The van der Waals surface area contributed by atoms with E-state index >= 15 is 0 Å². The number of hydrogen-bond donors (Lipinski definition) is 1. The summed E-state index contributed by atoms with van der Waals surface area (Å²) in [5, 5.41) is 3.22. The number of esters is 1. The van der Waals surface area contributed by atoms with Gasteiger partial charge in [-0.3, -0.25) is 4.79 Å². The summed E-state index contributed by atoms with van der Waals surface area (Å²) in [5.41, 5.74) is 0.782. The zero-order valence-corrected chi connectivity index (χ0v) is 11.4. The molecule has 4 heteroatoms. The van der Waals surface area contributed by atoms with Gasteiger partial charge in [0.1, 0.15) is 11.9 Å². The smallest absolute Gasteiger partial charge is 0.322 e. The van der Waals surface area contributed by atoms with Gasteiger partial charge >= 0.3 is 5.97 Å². The van der Waals surface area contributed by atoms with Crippen LogP contribution in [0.2, 0.25) is 0 Å². The molecule has 0 amide bonds. The molecule has 1 aliphatic rings. The summed E-state index contributed by atoms with van der Waals surface area (Å²) >= 11 is 0. The monoisotopic (exact) mass is 265 g/mol. The Balaban J connectivity index is 1.81. The number of ether oxygens (including phenoxy) is 1. The van der Waals surface area contributed by atoms with Gasteiger partial charge in [0.25, 0.3) is 0 Å². The molecule has 1 aromatic carbocycles. The van der Waals surface area contributed by atoms with E-state index in [1.54, 1.807) is 19.9 Å². The van der Waals surface area contributed by atoms with Gasteiger partial charge in [0, 0.05) is 6.04 Å². The number of halogens is 1. The number of carbonyl (C=O) groups excluding carboxylic acids is 1. The molecule has 0 aromatic heterocycles. The molecule has 1 atom stereocenters. The summed E-state index contributed by atoms with van der Waals surface area (Å²) in [7, 11) is 0. The van der Waals surface area contributed by atoms with Crippen molar-refractivity contribution >= 4 is 5.97 Å². The fourth-order valence-electron chi connectivity index (χ4n) is 2.50. The molecule has 1 fully saturated rings. The van der Waals surface area contributed by atoms with Crippen molar-refractivity contribution in [2.75, 3.05) is 6.61 Å². The molecule has 0 heterocycles. The van der Waals surface area contributed by atoms with Gasteiger partial charge in [-0.1, -0.05) is 18.2 Å². The van der Waals surface area contributed by atoms with Crippen LogP contribution in [0.1, 0.15) is 38.2 Å². The van der Waals surface area contributed by atoms with Crippen LogP contribution < -0.4 is 5.32 Å². The van der Waals surface area contributed by atoms with Gasteiger partial charge in [0.15, 0.2) is 0 Å². The number of rotatable bonds is 5. The minimum atomic E-state index is -0.300. The van der Waals surface area contributed by atoms with Crippen LogP contribution in [0.3, 0.4) is 0 Å². The van der Waals surface area contributed by atoms with Gasteiger partial charge in [0.2, 0.25) is 0 Å². The summed E-state index contributed by atoms with van der Waals surface area (Å²) in [6.45, 7) is 3.99. The largest absolute Gasteiger partial charge is 0.465 e. The van der Waals surface area contributed by atoms with Crippen molar-refractivity contribution in [2.45, 2.75) is 44.7 Å². The topological polar surface area (TPSA) is 38.3 Å². The summed E-state index contributed by atoms with van der Waals surface area (Å²) in [5.74, 6) is -0.102. The first-order chi connectivity index (χ1) is 9.11. The van der Waals surface area contributed by atoms with Crippen molar-refractivity contribution in [1.82, 2.24) is 5.32 Å². The Morgan fingerprint density at radius 3 is 2.79 bits per heavy atom. The molecule has 1 unspecified atom stereocenters. The predicted molar refractivity (Wildman–Crippen MR) is 71.4 cm³/mol. The van der Waals surface area contributed by atoms with E-state index in [4.69, 9.17) is 4.74 Å². The van der Waals surface area contributed by atoms with E-state index in [0.29, 0.717) is 6.61 Å². The van der Waals surface area contributed by atoms with E-state index in [-0.39, 0.29) is 29.8 Å². The molecule has 1 aromatic rings. The van der Waals surface area contributed by atoms with Gasteiger partial charge in [-0.2, -0.15) is 0 Å². The molecule has 1 aliphatic carbocycles. The minimum absolute atomic E-state index is 0.135. The Kier molecular flexibility index (Phi) is 4.53. The van der Waals surface area contributed by atoms with E-state index in [0.717, 1.165) is 18.4 Å². The van der Waals surface area contributed by atoms with Crippen molar-refractivity contribution in [1.29, 1.82) is 0 Å². The second-order valence-electron chi connectivity index (χ2n) is 5.03. The molecule has 0 radical (unpaired) electrons. The summed E-state index contributed by atoms with van der Waals surface area (Å²) in [6, 6.07) is 6.87. The van der Waals surface area contributed by atoms with E-state index in [9.17, 15) is 9.18 Å². The fourth-order valence-corrected chi connectivity index (χ4v) is 2.50. The van der Waals surface area contributed by atoms with Gasteiger partial charge in [-0.05, 0) is 44.2 Å². The normalized spacial score (nSPS) is 23.5. The van der Waals surface area contributed by atoms with Crippen molar-refractivity contribution in [3.05, 3.63) is 35.6 Å². The Bertz CT molecular complexity index is 444. The van der Waals surface area contributed by atoms with Crippen LogP contribution in [0.5, 0.6) is 0 Å². The van der Waals surface area contributed by atoms with E-state index < -0.39 is 0 Å². The first-order valence-corrected chi connectivity index (χ1v) is 6.79. The summed E-state index contributed by atoms with van der Waals surface area (Å²) < 4.78 is 18.5. The summed E-state index contributed by atoms with van der Waals surface area (Å²) in [4.78, 5) is 11.5. The second-order valence-corrected chi connectivity index (χ2v) is 5.03. The lowest BCUT2D eigenvalue weighted by molar-refractivity contribution is -0.145. The van der Waals surface area contributed by atoms with Crippen molar-refractivity contribution in [3.8, 4) is 0 Å². The quantitative estimate of drug-likeness (QED) is 0.832. The Morgan fingerprint density at radius 1 is 1.47 bits per heavy atom. The molecule has 1 saturated carbocycles. The maximum Gasteiger partial charge on any atom is 0.322 e. The summed E-state index contributed by atoms with van der Waals surface area (Å²) in [6.07, 6.45) is 1.73. The highest BCUT2D eigenvalue weighted by molar-refractivity contribution is 5.75. The van der Waals surface area contributed by atoms with Crippen molar-refractivity contribution in [3.63, 3.8) is 0 Å². The first kappa shape index (κ1) is 14.0. The van der Waals surface area contributed by atoms with E-state index in [2.05, 4.69) is 5.32 Å².